The Morgan fingerprint density at radius 1 is 1.32 bits per heavy atom. The third-order valence-electron chi connectivity index (χ3n) is 5.43. The van der Waals surface area contributed by atoms with Gasteiger partial charge in [0, 0.05) is 36.8 Å². The lowest BCUT2D eigenvalue weighted by Gasteiger charge is -2.34. The maximum atomic E-state index is 13.1. The minimum atomic E-state index is 0.0409. The first-order chi connectivity index (χ1) is 10.7. The summed E-state index contributed by atoms with van der Waals surface area (Å²) >= 11 is 0. The number of aromatic nitrogens is 2. The van der Waals surface area contributed by atoms with Crippen LogP contribution in [0.15, 0.2) is 30.6 Å². The van der Waals surface area contributed by atoms with Gasteiger partial charge < -0.3 is 9.88 Å². The molecular formula is C18H21N3O. The molecule has 2 aliphatic rings. The number of Topliss-reactive ketones (excluding diaryl/α,β-unsaturated/α-hetero) is 1. The zero-order chi connectivity index (χ0) is 15.3. The van der Waals surface area contributed by atoms with Crippen LogP contribution in [-0.4, -0.2) is 28.8 Å². The molecule has 0 bridgehead atoms. The first-order valence-corrected chi connectivity index (χ1v) is 8.01. The minimum absolute atomic E-state index is 0.0409. The van der Waals surface area contributed by atoms with Crippen LogP contribution in [0.1, 0.15) is 35.7 Å². The number of hydrogen-bond donors (Lipinski definition) is 1. The molecule has 0 spiro atoms. The quantitative estimate of drug-likeness (QED) is 0.927. The van der Waals surface area contributed by atoms with E-state index >= 15 is 0 Å². The van der Waals surface area contributed by atoms with Gasteiger partial charge in [0.1, 0.15) is 5.78 Å². The van der Waals surface area contributed by atoms with Crippen molar-refractivity contribution in [1.82, 2.24) is 9.97 Å². The average molecular weight is 295 g/mol. The van der Waals surface area contributed by atoms with E-state index in [1.807, 2.05) is 13.0 Å². The van der Waals surface area contributed by atoms with E-state index < -0.39 is 0 Å². The molecule has 2 heterocycles. The molecule has 1 N–H and O–H groups in total. The number of nitrogens with zero attached hydrogens (tertiary/aromatic N) is 2. The normalized spacial score (nSPS) is 26.9. The van der Waals surface area contributed by atoms with E-state index in [1.54, 1.807) is 6.33 Å². The van der Waals surface area contributed by atoms with Crippen molar-refractivity contribution in [2.45, 2.75) is 38.1 Å². The number of hydrogen-bond acceptors (Lipinski definition) is 3. The summed E-state index contributed by atoms with van der Waals surface area (Å²) in [5.74, 6) is 0.539. The maximum absolute atomic E-state index is 13.1. The fourth-order valence-electron chi connectivity index (χ4n) is 4.18. The summed E-state index contributed by atoms with van der Waals surface area (Å²) in [5, 5.41) is 0. The molecule has 1 aliphatic carbocycles. The van der Waals surface area contributed by atoms with E-state index in [0.29, 0.717) is 11.8 Å². The van der Waals surface area contributed by atoms with Gasteiger partial charge >= 0.3 is 0 Å². The highest BCUT2D eigenvalue weighted by Gasteiger charge is 2.46. The monoisotopic (exact) mass is 295 g/mol. The van der Waals surface area contributed by atoms with Crippen LogP contribution in [0.25, 0.3) is 0 Å². The molecule has 4 nitrogen and oxygen atoms in total. The molecule has 1 saturated carbocycles. The zero-order valence-corrected chi connectivity index (χ0v) is 13.0. The summed E-state index contributed by atoms with van der Waals surface area (Å²) in [6.45, 7) is 2.02. The van der Waals surface area contributed by atoms with Gasteiger partial charge in [-0.05, 0) is 31.4 Å². The molecule has 1 aromatic heterocycles. The smallest absolute Gasteiger partial charge is 0.145 e. The number of likely N-dealkylation sites (N-methyl/N-ethyl adjacent to an activating group) is 1. The Balaban J connectivity index is 1.64. The SMILES string of the molecule is Cc1[nH]cnc1CC1CCC2C(C1=O)c1ccccc1N2C. The molecule has 1 fully saturated rings. The van der Waals surface area contributed by atoms with Crippen LogP contribution in [0, 0.1) is 12.8 Å². The molecule has 3 atom stereocenters. The van der Waals surface area contributed by atoms with E-state index in [4.69, 9.17) is 0 Å². The topological polar surface area (TPSA) is 49.0 Å². The number of aryl methyl sites for hydroxylation is 1. The van der Waals surface area contributed by atoms with Gasteiger partial charge in [0.05, 0.1) is 17.9 Å². The Kier molecular flexibility index (Phi) is 3.06. The van der Waals surface area contributed by atoms with Crippen LogP contribution in [0.4, 0.5) is 5.69 Å². The summed E-state index contributed by atoms with van der Waals surface area (Å²) < 4.78 is 0. The maximum Gasteiger partial charge on any atom is 0.145 e. The Morgan fingerprint density at radius 3 is 2.91 bits per heavy atom. The Hall–Kier alpha value is -2.10. The van der Waals surface area contributed by atoms with Crippen molar-refractivity contribution in [2.24, 2.45) is 5.92 Å². The van der Waals surface area contributed by atoms with Gasteiger partial charge in [-0.3, -0.25) is 4.79 Å². The van der Waals surface area contributed by atoms with Crippen molar-refractivity contribution in [1.29, 1.82) is 0 Å². The number of rotatable bonds is 2. The molecule has 22 heavy (non-hydrogen) atoms. The number of imidazole rings is 1. The fraction of sp³-hybridized carbons (Fsp3) is 0.444. The molecule has 4 heteroatoms. The van der Waals surface area contributed by atoms with E-state index in [-0.39, 0.29) is 11.8 Å². The van der Waals surface area contributed by atoms with Gasteiger partial charge in [-0.25, -0.2) is 4.98 Å². The lowest BCUT2D eigenvalue weighted by molar-refractivity contribution is -0.126. The van der Waals surface area contributed by atoms with Crippen molar-refractivity contribution in [3.05, 3.63) is 47.5 Å². The lowest BCUT2D eigenvalue weighted by Crippen LogP contribution is -2.41. The number of H-pyrrole nitrogens is 1. The van der Waals surface area contributed by atoms with Crippen LogP contribution in [0.3, 0.4) is 0 Å². The second kappa shape index (κ2) is 4.97. The van der Waals surface area contributed by atoms with Gasteiger partial charge in [0.25, 0.3) is 0 Å². The summed E-state index contributed by atoms with van der Waals surface area (Å²) in [6, 6.07) is 8.69. The van der Waals surface area contributed by atoms with Crippen LogP contribution >= 0.6 is 0 Å². The van der Waals surface area contributed by atoms with Crippen LogP contribution in [0.5, 0.6) is 0 Å². The molecule has 1 aromatic carbocycles. The molecule has 2 aromatic rings. The Labute approximate surface area is 130 Å². The number of nitrogens with one attached hydrogen (secondary N) is 1. The summed E-state index contributed by atoms with van der Waals surface area (Å²) in [5.41, 5.74) is 4.56. The minimum Gasteiger partial charge on any atom is -0.370 e. The zero-order valence-electron chi connectivity index (χ0n) is 13.0. The second-order valence-electron chi connectivity index (χ2n) is 6.57. The van der Waals surface area contributed by atoms with E-state index in [2.05, 4.69) is 40.1 Å². The van der Waals surface area contributed by atoms with Gasteiger partial charge in [-0.1, -0.05) is 18.2 Å². The first kappa shape index (κ1) is 13.6. The standard InChI is InChI=1S/C18H21N3O/c1-11-14(20-10-19-11)9-12-7-8-16-17(18(12)22)13-5-3-4-6-15(13)21(16)2/h3-6,10,12,16-17H,7-9H2,1-2H3,(H,19,20). The number of anilines is 1. The highest BCUT2D eigenvalue weighted by atomic mass is 16.1. The highest BCUT2D eigenvalue weighted by Crippen LogP contribution is 2.47. The second-order valence-corrected chi connectivity index (χ2v) is 6.57. The molecule has 0 amide bonds. The van der Waals surface area contributed by atoms with E-state index in [0.717, 1.165) is 30.7 Å². The van der Waals surface area contributed by atoms with Crippen LogP contribution < -0.4 is 4.90 Å². The van der Waals surface area contributed by atoms with Crippen molar-refractivity contribution >= 4 is 11.5 Å². The molecule has 1 aliphatic heterocycles. The van der Waals surface area contributed by atoms with E-state index in [1.165, 1.54) is 11.3 Å². The molecular weight excluding hydrogens is 274 g/mol. The predicted molar refractivity (Wildman–Crippen MR) is 86.1 cm³/mol. The third-order valence-corrected chi connectivity index (χ3v) is 5.43. The number of para-hydroxylation sites is 1. The summed E-state index contributed by atoms with van der Waals surface area (Å²) in [4.78, 5) is 22.9. The fourth-order valence-corrected chi connectivity index (χ4v) is 4.18. The summed E-state index contributed by atoms with van der Waals surface area (Å²) in [7, 11) is 2.12. The van der Waals surface area contributed by atoms with Gasteiger partial charge in [-0.2, -0.15) is 0 Å². The molecule has 3 unspecified atom stereocenters. The van der Waals surface area contributed by atoms with Gasteiger partial charge in [0.15, 0.2) is 0 Å². The van der Waals surface area contributed by atoms with Crippen molar-refractivity contribution < 1.29 is 4.79 Å². The average Bonchev–Trinajstić information content (AvgIpc) is 3.05. The highest BCUT2D eigenvalue weighted by molar-refractivity contribution is 5.93. The number of fused-ring (bicyclic) bond motifs is 3. The Morgan fingerprint density at radius 2 is 2.14 bits per heavy atom. The van der Waals surface area contributed by atoms with Crippen molar-refractivity contribution in [3.63, 3.8) is 0 Å². The lowest BCUT2D eigenvalue weighted by atomic mass is 9.74. The predicted octanol–water partition coefficient (Wildman–Crippen LogP) is 2.84. The largest absolute Gasteiger partial charge is 0.370 e. The van der Waals surface area contributed by atoms with Crippen molar-refractivity contribution in [3.8, 4) is 0 Å². The molecule has 4 rings (SSSR count). The van der Waals surface area contributed by atoms with Crippen LogP contribution in [0.2, 0.25) is 0 Å². The number of benzene rings is 1. The number of aromatic amines is 1. The molecule has 0 radical (unpaired) electrons. The first-order valence-electron chi connectivity index (χ1n) is 8.01. The van der Waals surface area contributed by atoms with Gasteiger partial charge in [-0.15, -0.1) is 0 Å². The van der Waals surface area contributed by atoms with Gasteiger partial charge in [0.2, 0.25) is 0 Å². The molecule has 0 saturated heterocycles. The van der Waals surface area contributed by atoms with E-state index in [9.17, 15) is 4.79 Å². The molecule has 114 valence electrons. The summed E-state index contributed by atoms with van der Waals surface area (Å²) in [6.07, 6.45) is 4.53. The van der Waals surface area contributed by atoms with Crippen molar-refractivity contribution in [2.75, 3.05) is 11.9 Å². The number of ketones is 1. The number of carbonyl (C=O) groups excluding carboxylic acids is 1. The van der Waals surface area contributed by atoms with Crippen LogP contribution in [-0.2, 0) is 11.2 Å². The number of carbonyl (C=O) groups is 1. The Bertz CT molecular complexity index is 721. The third kappa shape index (κ3) is 1.90.